The molecule has 1 heterocycles. The van der Waals surface area contributed by atoms with Crippen molar-refractivity contribution in [1.82, 2.24) is 4.98 Å². The fraction of sp³-hybridized carbons (Fsp3) is 0.250. The first-order chi connectivity index (χ1) is 10.8. The van der Waals surface area contributed by atoms with E-state index in [1.807, 2.05) is 0 Å². The molecule has 1 aromatic heterocycles. The molecule has 3 nitrogen and oxygen atoms in total. The van der Waals surface area contributed by atoms with Gasteiger partial charge in [0.1, 0.15) is 0 Å². The molecule has 0 aliphatic heterocycles. The van der Waals surface area contributed by atoms with Crippen molar-refractivity contribution >= 4 is 11.6 Å². The van der Waals surface area contributed by atoms with Crippen molar-refractivity contribution in [2.75, 3.05) is 5.32 Å². The van der Waals surface area contributed by atoms with Crippen LogP contribution in [0.25, 0.3) is 0 Å². The number of carbonyl (C=O) groups excluding carboxylic acids is 1. The standard InChI is InChI=1S/C16H14F4N2O/c1-2-12(10-4-3-5-11(8-10)16(18,19)20)15(23)22-14-6-7-21-9-13(14)17/h3-9,12H,2H2,1H3,(H,21,22,23). The fourth-order valence-corrected chi connectivity index (χ4v) is 2.20. The number of hydrogen-bond acceptors (Lipinski definition) is 2. The number of anilines is 1. The van der Waals surface area contributed by atoms with Crippen LogP contribution in [-0.2, 0) is 11.0 Å². The lowest BCUT2D eigenvalue weighted by atomic mass is 9.94. The Kier molecular flexibility index (Phi) is 4.98. The van der Waals surface area contributed by atoms with E-state index in [0.717, 1.165) is 18.3 Å². The Morgan fingerprint density at radius 1 is 1.30 bits per heavy atom. The minimum absolute atomic E-state index is 0.0598. The summed E-state index contributed by atoms with van der Waals surface area (Å²) < 4.78 is 51.9. The van der Waals surface area contributed by atoms with Crippen molar-refractivity contribution < 1.29 is 22.4 Å². The van der Waals surface area contributed by atoms with E-state index < -0.39 is 29.4 Å². The average molecular weight is 326 g/mol. The normalized spacial score (nSPS) is 12.7. The molecule has 0 fully saturated rings. The fourth-order valence-electron chi connectivity index (χ4n) is 2.20. The number of benzene rings is 1. The van der Waals surface area contributed by atoms with Gasteiger partial charge >= 0.3 is 6.18 Å². The monoisotopic (exact) mass is 326 g/mol. The summed E-state index contributed by atoms with van der Waals surface area (Å²) in [6, 6.07) is 5.87. The van der Waals surface area contributed by atoms with Crippen LogP contribution in [0.15, 0.2) is 42.7 Å². The molecule has 23 heavy (non-hydrogen) atoms. The van der Waals surface area contributed by atoms with E-state index in [-0.39, 0.29) is 17.7 Å². The predicted molar refractivity (Wildman–Crippen MR) is 77.3 cm³/mol. The SMILES string of the molecule is CCC(C(=O)Nc1ccncc1F)c1cccc(C(F)(F)F)c1. The molecule has 7 heteroatoms. The number of hydrogen-bond donors (Lipinski definition) is 1. The second-order valence-corrected chi connectivity index (χ2v) is 4.93. The number of nitrogens with zero attached hydrogens (tertiary/aromatic N) is 1. The molecule has 0 aliphatic carbocycles. The van der Waals surface area contributed by atoms with Crippen LogP contribution < -0.4 is 5.32 Å². The highest BCUT2D eigenvalue weighted by Gasteiger charge is 2.31. The van der Waals surface area contributed by atoms with Gasteiger partial charge in [-0.3, -0.25) is 9.78 Å². The summed E-state index contributed by atoms with van der Waals surface area (Å²) in [7, 11) is 0. The summed E-state index contributed by atoms with van der Waals surface area (Å²) in [5, 5.41) is 2.38. The van der Waals surface area contributed by atoms with Gasteiger partial charge in [0.2, 0.25) is 5.91 Å². The van der Waals surface area contributed by atoms with Crippen molar-refractivity contribution in [3.63, 3.8) is 0 Å². The quantitative estimate of drug-likeness (QED) is 0.848. The van der Waals surface area contributed by atoms with Crippen LogP contribution in [0.4, 0.5) is 23.2 Å². The molecule has 1 N–H and O–H groups in total. The number of aromatic nitrogens is 1. The third-order valence-electron chi connectivity index (χ3n) is 3.37. The topological polar surface area (TPSA) is 42.0 Å². The lowest BCUT2D eigenvalue weighted by molar-refractivity contribution is -0.137. The number of halogens is 4. The molecular formula is C16H14F4N2O. The molecular weight excluding hydrogens is 312 g/mol. The third-order valence-corrected chi connectivity index (χ3v) is 3.37. The summed E-state index contributed by atoms with van der Waals surface area (Å²) in [5.41, 5.74) is -0.652. The van der Waals surface area contributed by atoms with E-state index in [0.29, 0.717) is 0 Å². The minimum atomic E-state index is -4.48. The van der Waals surface area contributed by atoms with Gasteiger partial charge in [-0.2, -0.15) is 13.2 Å². The van der Waals surface area contributed by atoms with E-state index in [2.05, 4.69) is 10.3 Å². The maximum absolute atomic E-state index is 13.5. The van der Waals surface area contributed by atoms with E-state index in [4.69, 9.17) is 0 Å². The zero-order chi connectivity index (χ0) is 17.0. The second kappa shape index (κ2) is 6.76. The second-order valence-electron chi connectivity index (χ2n) is 4.93. The van der Waals surface area contributed by atoms with Crippen LogP contribution in [0.2, 0.25) is 0 Å². The summed E-state index contributed by atoms with van der Waals surface area (Å²) >= 11 is 0. The number of pyridine rings is 1. The zero-order valence-electron chi connectivity index (χ0n) is 12.2. The Labute approximate surface area is 130 Å². The molecule has 0 saturated heterocycles. The molecule has 1 unspecified atom stereocenters. The van der Waals surface area contributed by atoms with Crippen molar-refractivity contribution in [1.29, 1.82) is 0 Å². The Morgan fingerprint density at radius 3 is 2.65 bits per heavy atom. The minimum Gasteiger partial charge on any atom is -0.323 e. The van der Waals surface area contributed by atoms with Gasteiger partial charge in [0.25, 0.3) is 0 Å². The number of nitrogens with one attached hydrogen (secondary N) is 1. The zero-order valence-corrected chi connectivity index (χ0v) is 12.2. The van der Waals surface area contributed by atoms with Crippen LogP contribution in [-0.4, -0.2) is 10.9 Å². The third kappa shape index (κ3) is 4.06. The smallest absolute Gasteiger partial charge is 0.323 e. The molecule has 0 saturated carbocycles. The van der Waals surface area contributed by atoms with Gasteiger partial charge in [0, 0.05) is 6.20 Å². The summed E-state index contributed by atoms with van der Waals surface area (Å²) in [6.07, 6.45) is -1.95. The molecule has 1 aromatic carbocycles. The molecule has 2 rings (SSSR count). The van der Waals surface area contributed by atoms with Crippen molar-refractivity contribution in [2.45, 2.75) is 25.4 Å². The van der Waals surface area contributed by atoms with E-state index in [1.54, 1.807) is 6.92 Å². The number of alkyl halides is 3. The number of rotatable bonds is 4. The highest BCUT2D eigenvalue weighted by molar-refractivity contribution is 5.95. The van der Waals surface area contributed by atoms with Gasteiger partial charge in [-0.25, -0.2) is 4.39 Å². The highest BCUT2D eigenvalue weighted by Crippen LogP contribution is 2.32. The van der Waals surface area contributed by atoms with Crippen LogP contribution >= 0.6 is 0 Å². The first kappa shape index (κ1) is 16.9. The summed E-state index contributed by atoms with van der Waals surface area (Å²) in [5.74, 6) is -2.10. The van der Waals surface area contributed by atoms with Gasteiger partial charge in [-0.15, -0.1) is 0 Å². The molecule has 1 atom stereocenters. The van der Waals surface area contributed by atoms with E-state index >= 15 is 0 Å². The van der Waals surface area contributed by atoms with Crippen LogP contribution in [0, 0.1) is 5.82 Å². The van der Waals surface area contributed by atoms with Crippen molar-refractivity contribution in [3.8, 4) is 0 Å². The lowest BCUT2D eigenvalue weighted by Gasteiger charge is -2.17. The first-order valence-electron chi connectivity index (χ1n) is 6.90. The largest absolute Gasteiger partial charge is 0.416 e. The molecule has 122 valence electrons. The van der Waals surface area contributed by atoms with Gasteiger partial charge < -0.3 is 5.32 Å². The molecule has 0 bridgehead atoms. The van der Waals surface area contributed by atoms with Crippen LogP contribution in [0.1, 0.15) is 30.4 Å². The van der Waals surface area contributed by atoms with Crippen molar-refractivity contribution in [2.24, 2.45) is 0 Å². The Morgan fingerprint density at radius 2 is 2.04 bits per heavy atom. The van der Waals surface area contributed by atoms with E-state index in [1.165, 1.54) is 24.4 Å². The highest BCUT2D eigenvalue weighted by atomic mass is 19.4. The summed E-state index contributed by atoms with van der Waals surface area (Å²) in [4.78, 5) is 15.8. The maximum atomic E-state index is 13.5. The molecule has 1 amide bonds. The Bertz CT molecular complexity index is 700. The van der Waals surface area contributed by atoms with Crippen LogP contribution in [0.3, 0.4) is 0 Å². The molecule has 0 radical (unpaired) electrons. The predicted octanol–water partition coefficient (Wildman–Crippen LogP) is 4.37. The van der Waals surface area contributed by atoms with Gasteiger partial charge in [-0.1, -0.05) is 25.1 Å². The summed E-state index contributed by atoms with van der Waals surface area (Å²) in [6.45, 7) is 1.67. The maximum Gasteiger partial charge on any atom is 0.416 e. The van der Waals surface area contributed by atoms with Gasteiger partial charge in [0.05, 0.1) is 23.4 Å². The Hall–Kier alpha value is -2.44. The van der Waals surface area contributed by atoms with Crippen LogP contribution in [0.5, 0.6) is 0 Å². The first-order valence-corrected chi connectivity index (χ1v) is 6.90. The lowest BCUT2D eigenvalue weighted by Crippen LogP contribution is -2.21. The molecule has 0 spiro atoms. The number of amides is 1. The molecule has 2 aromatic rings. The number of carbonyl (C=O) groups is 1. The van der Waals surface area contributed by atoms with Crippen molar-refractivity contribution in [3.05, 3.63) is 59.7 Å². The van der Waals surface area contributed by atoms with Gasteiger partial charge in [-0.05, 0) is 24.1 Å². The molecule has 0 aliphatic rings. The van der Waals surface area contributed by atoms with Gasteiger partial charge in [0.15, 0.2) is 5.82 Å². The van der Waals surface area contributed by atoms with E-state index in [9.17, 15) is 22.4 Å². The Balaban J connectivity index is 2.26. The average Bonchev–Trinajstić information content (AvgIpc) is 2.50.